The van der Waals surface area contributed by atoms with E-state index in [2.05, 4.69) is 9.97 Å². The van der Waals surface area contributed by atoms with Gasteiger partial charge in [-0.05, 0) is 31.5 Å². The van der Waals surface area contributed by atoms with E-state index >= 15 is 0 Å². The van der Waals surface area contributed by atoms with E-state index in [0.717, 1.165) is 27.3 Å². The van der Waals surface area contributed by atoms with Crippen molar-refractivity contribution in [1.82, 2.24) is 9.97 Å². The Morgan fingerprint density at radius 2 is 2.00 bits per heavy atom. The van der Waals surface area contributed by atoms with Gasteiger partial charge < -0.3 is 4.98 Å². The van der Waals surface area contributed by atoms with Crippen molar-refractivity contribution < 1.29 is 4.79 Å². The molecule has 0 unspecified atom stereocenters. The standard InChI is InChI=1S/C17H16N2OS/c1-11-7-8-13(12(2)9-11)16(20)10-21-17-18-14-5-3-4-6-15(14)19-17/h3-9H,10H2,1-2H3,(H,18,19). The Morgan fingerprint density at radius 3 is 2.76 bits per heavy atom. The number of thioether (sulfide) groups is 1. The van der Waals surface area contributed by atoms with E-state index < -0.39 is 0 Å². The van der Waals surface area contributed by atoms with E-state index in [1.807, 2.05) is 56.3 Å². The second-order valence-corrected chi connectivity index (χ2v) is 6.05. The molecule has 0 aliphatic carbocycles. The predicted octanol–water partition coefficient (Wildman–Crippen LogP) is 4.15. The zero-order valence-corrected chi connectivity index (χ0v) is 12.8. The maximum atomic E-state index is 12.3. The highest BCUT2D eigenvalue weighted by Crippen LogP contribution is 2.21. The van der Waals surface area contributed by atoms with Gasteiger partial charge in [0.2, 0.25) is 0 Å². The molecule has 21 heavy (non-hydrogen) atoms. The van der Waals surface area contributed by atoms with Crippen LogP contribution in [0.25, 0.3) is 11.0 Å². The second-order valence-electron chi connectivity index (χ2n) is 5.09. The fourth-order valence-corrected chi connectivity index (χ4v) is 3.10. The van der Waals surface area contributed by atoms with Crippen LogP contribution in [0.4, 0.5) is 0 Å². The number of nitrogens with zero attached hydrogens (tertiary/aromatic N) is 1. The summed E-state index contributed by atoms with van der Waals surface area (Å²) in [6, 6.07) is 13.8. The third-order valence-corrected chi connectivity index (χ3v) is 4.26. The monoisotopic (exact) mass is 296 g/mol. The third-order valence-electron chi connectivity index (χ3n) is 3.39. The van der Waals surface area contributed by atoms with Gasteiger partial charge in [-0.25, -0.2) is 4.98 Å². The van der Waals surface area contributed by atoms with Crippen molar-refractivity contribution in [1.29, 1.82) is 0 Å². The van der Waals surface area contributed by atoms with E-state index in [9.17, 15) is 4.79 Å². The molecule has 1 heterocycles. The molecule has 3 nitrogen and oxygen atoms in total. The highest BCUT2D eigenvalue weighted by Gasteiger charge is 2.11. The Hall–Kier alpha value is -2.07. The van der Waals surface area contributed by atoms with Crippen LogP contribution in [0.5, 0.6) is 0 Å². The zero-order valence-electron chi connectivity index (χ0n) is 12.0. The SMILES string of the molecule is Cc1ccc(C(=O)CSc2nc3ccccc3[nH]2)c(C)c1. The van der Waals surface area contributed by atoms with Crippen molar-refractivity contribution in [2.45, 2.75) is 19.0 Å². The van der Waals surface area contributed by atoms with Crippen molar-refractivity contribution in [3.8, 4) is 0 Å². The largest absolute Gasteiger partial charge is 0.333 e. The highest BCUT2D eigenvalue weighted by atomic mass is 32.2. The lowest BCUT2D eigenvalue weighted by molar-refractivity contribution is 0.102. The summed E-state index contributed by atoms with van der Waals surface area (Å²) in [5.41, 5.74) is 4.93. The zero-order chi connectivity index (χ0) is 14.8. The maximum absolute atomic E-state index is 12.3. The van der Waals surface area contributed by atoms with Gasteiger partial charge >= 0.3 is 0 Å². The lowest BCUT2D eigenvalue weighted by Gasteiger charge is -2.05. The lowest BCUT2D eigenvalue weighted by Crippen LogP contribution is -2.05. The molecule has 0 amide bonds. The average molecular weight is 296 g/mol. The fraction of sp³-hybridized carbons (Fsp3) is 0.176. The van der Waals surface area contributed by atoms with Gasteiger partial charge in [-0.2, -0.15) is 0 Å². The van der Waals surface area contributed by atoms with Gasteiger partial charge in [0.05, 0.1) is 16.8 Å². The molecule has 0 saturated heterocycles. The average Bonchev–Trinajstić information content (AvgIpc) is 2.87. The number of fused-ring (bicyclic) bond motifs is 1. The van der Waals surface area contributed by atoms with Crippen molar-refractivity contribution in [2.75, 3.05) is 5.75 Å². The van der Waals surface area contributed by atoms with Crippen LogP contribution in [0.1, 0.15) is 21.5 Å². The summed E-state index contributed by atoms with van der Waals surface area (Å²) in [6.45, 7) is 4.01. The van der Waals surface area contributed by atoms with Crippen LogP contribution >= 0.6 is 11.8 Å². The first kappa shape index (κ1) is 13.9. The summed E-state index contributed by atoms with van der Waals surface area (Å²) in [6.07, 6.45) is 0. The summed E-state index contributed by atoms with van der Waals surface area (Å²) in [7, 11) is 0. The van der Waals surface area contributed by atoms with E-state index in [-0.39, 0.29) is 5.78 Å². The Labute approximate surface area is 127 Å². The number of nitrogens with one attached hydrogen (secondary N) is 1. The summed E-state index contributed by atoms with van der Waals surface area (Å²) < 4.78 is 0. The third kappa shape index (κ3) is 3.00. The molecule has 0 radical (unpaired) electrons. The Morgan fingerprint density at radius 1 is 1.19 bits per heavy atom. The van der Waals surface area contributed by atoms with Crippen LogP contribution in [-0.2, 0) is 0 Å². The Bertz CT molecular complexity index is 774. The number of carbonyl (C=O) groups is 1. The number of aromatic nitrogens is 2. The number of aromatic amines is 1. The maximum Gasteiger partial charge on any atom is 0.173 e. The van der Waals surface area contributed by atoms with Gasteiger partial charge in [-0.3, -0.25) is 4.79 Å². The minimum Gasteiger partial charge on any atom is -0.333 e. The van der Waals surface area contributed by atoms with E-state index in [1.165, 1.54) is 17.3 Å². The topological polar surface area (TPSA) is 45.8 Å². The summed E-state index contributed by atoms with van der Waals surface area (Å²) in [5, 5.41) is 0.786. The van der Waals surface area contributed by atoms with Crippen LogP contribution in [0.2, 0.25) is 0 Å². The van der Waals surface area contributed by atoms with Crippen molar-refractivity contribution in [3.63, 3.8) is 0 Å². The van der Waals surface area contributed by atoms with Crippen LogP contribution in [0.3, 0.4) is 0 Å². The predicted molar refractivity (Wildman–Crippen MR) is 87.1 cm³/mol. The van der Waals surface area contributed by atoms with Crippen LogP contribution in [0.15, 0.2) is 47.6 Å². The molecule has 1 N–H and O–H groups in total. The van der Waals surface area contributed by atoms with Crippen molar-refractivity contribution in [2.24, 2.45) is 0 Å². The number of hydrogen-bond donors (Lipinski definition) is 1. The van der Waals surface area contributed by atoms with Crippen LogP contribution in [0, 0.1) is 13.8 Å². The molecule has 0 fully saturated rings. The van der Waals surface area contributed by atoms with Gasteiger partial charge in [0.15, 0.2) is 10.9 Å². The highest BCUT2D eigenvalue weighted by molar-refractivity contribution is 7.99. The first-order valence-corrected chi connectivity index (χ1v) is 7.80. The number of aryl methyl sites for hydroxylation is 2. The van der Waals surface area contributed by atoms with E-state index in [1.54, 1.807) is 0 Å². The summed E-state index contributed by atoms with van der Waals surface area (Å²) >= 11 is 1.45. The molecular weight excluding hydrogens is 280 g/mol. The quantitative estimate of drug-likeness (QED) is 0.581. The molecule has 2 aromatic carbocycles. The molecule has 0 aliphatic heterocycles. The molecule has 0 saturated carbocycles. The number of para-hydroxylation sites is 2. The summed E-state index contributed by atoms with van der Waals surface area (Å²) in [5.74, 6) is 0.530. The molecule has 4 heteroatoms. The number of H-pyrrole nitrogens is 1. The first-order valence-electron chi connectivity index (χ1n) is 6.81. The fourth-order valence-electron chi connectivity index (χ4n) is 2.34. The molecule has 0 spiro atoms. The molecular formula is C17H16N2OS. The van der Waals surface area contributed by atoms with Crippen LogP contribution in [-0.4, -0.2) is 21.5 Å². The number of imidazole rings is 1. The number of carbonyl (C=O) groups excluding carboxylic acids is 1. The molecule has 3 rings (SSSR count). The van der Waals surface area contributed by atoms with Gasteiger partial charge in [0.1, 0.15) is 0 Å². The lowest BCUT2D eigenvalue weighted by atomic mass is 10.0. The Balaban J connectivity index is 1.73. The minimum absolute atomic E-state index is 0.137. The number of Topliss-reactive ketones (excluding diaryl/α,β-unsaturated/α-hetero) is 1. The van der Waals surface area contributed by atoms with Gasteiger partial charge in [0.25, 0.3) is 0 Å². The molecule has 0 bridgehead atoms. The number of rotatable bonds is 4. The van der Waals surface area contributed by atoms with Gasteiger partial charge in [-0.15, -0.1) is 0 Å². The van der Waals surface area contributed by atoms with Crippen molar-refractivity contribution in [3.05, 3.63) is 59.2 Å². The molecule has 1 aromatic heterocycles. The minimum atomic E-state index is 0.137. The van der Waals surface area contributed by atoms with E-state index in [0.29, 0.717) is 5.75 Å². The van der Waals surface area contributed by atoms with Crippen LogP contribution < -0.4 is 0 Å². The number of benzene rings is 2. The van der Waals surface area contributed by atoms with E-state index in [4.69, 9.17) is 0 Å². The number of hydrogen-bond acceptors (Lipinski definition) is 3. The van der Waals surface area contributed by atoms with Crippen molar-refractivity contribution >= 4 is 28.6 Å². The smallest absolute Gasteiger partial charge is 0.173 e. The molecule has 0 atom stereocenters. The molecule has 3 aromatic rings. The first-order chi connectivity index (χ1) is 10.1. The number of ketones is 1. The normalized spacial score (nSPS) is 11.0. The molecule has 0 aliphatic rings. The Kier molecular flexibility index (Phi) is 3.80. The van der Waals surface area contributed by atoms with Gasteiger partial charge in [-0.1, -0.05) is 47.7 Å². The second kappa shape index (κ2) is 5.74. The van der Waals surface area contributed by atoms with Gasteiger partial charge in [0, 0.05) is 5.56 Å². The summed E-state index contributed by atoms with van der Waals surface area (Å²) in [4.78, 5) is 20.0. The molecule has 106 valence electrons.